The number of rotatable bonds is 3. The van der Waals surface area contributed by atoms with Gasteiger partial charge < -0.3 is 5.11 Å². The van der Waals surface area contributed by atoms with Gasteiger partial charge in [-0.25, -0.2) is 0 Å². The van der Waals surface area contributed by atoms with Crippen molar-refractivity contribution in [2.75, 3.05) is 0 Å². The number of fused-ring (bicyclic) bond motifs is 3. The summed E-state index contributed by atoms with van der Waals surface area (Å²) < 4.78 is 1.33. The van der Waals surface area contributed by atoms with Crippen LogP contribution in [0.15, 0.2) is 158 Å². The van der Waals surface area contributed by atoms with Crippen molar-refractivity contribution in [2.45, 2.75) is 33.1 Å². The number of phenolic OH excluding ortho intramolecular Hbond substituents is 1. The standard InChI is InChI=1S/C19H13.C13H10.C11H16O.2ClH.Ti/c1-2-7-14(8-3-1)16-11-6-12-18-17-10-5-4-9-15(17)13-19(16)18;1-3-7-12(8-4-1)11-13-9-5-2-6-10-13;1-8-5-9(11(2,3)4)7-10(12)6-8;;;/h1-13H;1-10H;5-7,12H,1-4H3;2*1H;/q-1;;;;;+1. The summed E-state index contributed by atoms with van der Waals surface area (Å²) in [5.41, 5.74) is 10.3. The largest absolute Gasteiger partial charge is 0.114 e. The van der Waals surface area contributed by atoms with Crippen molar-refractivity contribution >= 4 is 39.4 Å². The Morgan fingerprint density at radius 2 is 1.15 bits per heavy atom. The van der Waals surface area contributed by atoms with Crippen LogP contribution in [0.4, 0.5) is 0 Å². The van der Waals surface area contributed by atoms with E-state index >= 15 is 0 Å². The fourth-order valence-corrected chi connectivity index (χ4v) is 5.94. The summed E-state index contributed by atoms with van der Waals surface area (Å²) in [6, 6.07) is 54.7. The van der Waals surface area contributed by atoms with Gasteiger partial charge in [-0.2, -0.15) is 0 Å². The Balaban J connectivity index is 0.000000194. The van der Waals surface area contributed by atoms with Gasteiger partial charge in [-0.1, -0.05) is 97.4 Å². The van der Waals surface area contributed by atoms with Crippen LogP contribution < -0.4 is 0 Å². The molecule has 0 unspecified atom stereocenters. The number of halogens is 2. The summed E-state index contributed by atoms with van der Waals surface area (Å²) in [7, 11) is 0. The number of hydrogen-bond acceptors (Lipinski definition) is 1. The van der Waals surface area contributed by atoms with E-state index in [0.29, 0.717) is 5.75 Å². The molecule has 0 saturated carbocycles. The van der Waals surface area contributed by atoms with Gasteiger partial charge in [0, 0.05) is 0 Å². The average molecular weight is 693 g/mol. The molecule has 0 bridgehead atoms. The van der Waals surface area contributed by atoms with E-state index in [1.54, 1.807) is 6.07 Å². The maximum atomic E-state index is 9.36. The van der Waals surface area contributed by atoms with Crippen LogP contribution in [-0.4, -0.2) is 8.92 Å². The van der Waals surface area contributed by atoms with E-state index < -0.39 is 0 Å². The van der Waals surface area contributed by atoms with Crippen molar-refractivity contribution in [3.05, 3.63) is 180 Å². The molecule has 2 aliphatic carbocycles. The average Bonchev–Trinajstić information content (AvgIpc) is 3.44. The summed E-state index contributed by atoms with van der Waals surface area (Å²) >= 11 is 2.16. The van der Waals surface area contributed by atoms with E-state index in [1.807, 2.05) is 25.1 Å². The van der Waals surface area contributed by atoms with Crippen molar-refractivity contribution in [2.24, 2.45) is 0 Å². The first-order chi connectivity index (χ1) is 21.7. The third kappa shape index (κ3) is 9.83. The van der Waals surface area contributed by atoms with E-state index in [1.165, 1.54) is 53.5 Å². The molecule has 0 spiro atoms. The first kappa shape index (κ1) is 37.6. The van der Waals surface area contributed by atoms with Crippen LogP contribution in [0.3, 0.4) is 0 Å². The molecule has 1 nitrogen and oxygen atoms in total. The normalized spacial score (nSPS) is 10.4. The molecular formula is C43H41Cl2OTi. The van der Waals surface area contributed by atoms with E-state index in [2.05, 4.69) is 174 Å². The van der Waals surface area contributed by atoms with Gasteiger partial charge in [-0.3, -0.25) is 0 Å². The number of benzene rings is 6. The summed E-state index contributed by atoms with van der Waals surface area (Å²) in [6.07, 6.45) is 0. The summed E-state index contributed by atoms with van der Waals surface area (Å²) in [5.74, 6) is 0.361. The van der Waals surface area contributed by atoms with E-state index in [0.717, 1.165) is 5.56 Å². The van der Waals surface area contributed by atoms with Gasteiger partial charge in [0.25, 0.3) is 0 Å². The van der Waals surface area contributed by atoms with Gasteiger partial charge >= 0.3 is 95.6 Å². The fraction of sp³-hybridized carbons (Fsp3) is 0.116. The molecule has 7 rings (SSSR count). The van der Waals surface area contributed by atoms with Crippen molar-refractivity contribution < 1.29 is 25.1 Å². The molecule has 0 aliphatic heterocycles. The second-order valence-corrected chi connectivity index (χ2v) is 13.1. The van der Waals surface area contributed by atoms with Crippen LogP contribution in [0.2, 0.25) is 0 Å². The van der Waals surface area contributed by atoms with Gasteiger partial charge in [-0.15, -0.1) is 60.7 Å². The molecule has 4 heteroatoms. The van der Waals surface area contributed by atoms with Gasteiger partial charge in [-0.05, 0) is 41.0 Å². The number of aryl methyl sites for hydroxylation is 1. The Kier molecular flexibility index (Phi) is 13.9. The van der Waals surface area contributed by atoms with Gasteiger partial charge in [0.2, 0.25) is 0 Å². The molecule has 5 aromatic rings. The van der Waals surface area contributed by atoms with E-state index in [-0.39, 0.29) is 30.2 Å². The second-order valence-electron chi connectivity index (χ2n) is 12.3. The van der Waals surface area contributed by atoms with Crippen molar-refractivity contribution in [3.8, 4) is 28.0 Å². The summed E-state index contributed by atoms with van der Waals surface area (Å²) in [6.45, 7) is 8.42. The Morgan fingerprint density at radius 3 is 1.70 bits per heavy atom. The number of phenols is 1. The summed E-state index contributed by atoms with van der Waals surface area (Å²) in [4.78, 5) is 0. The van der Waals surface area contributed by atoms with Crippen LogP contribution in [-0.2, 0) is 25.4 Å². The SMILES string of the molecule is Cc1cc(O)cc(C(C)(C)C)c1.Cl.Cl.[Ti+]=[C](c1ccccc1)c1ccccc1.c1ccc(-[c-]2cccc3c4ccccc4cc2-3)cc1. The Hall–Kier alpha value is -3.85. The third-order valence-corrected chi connectivity index (χ3v) is 8.70. The quantitative estimate of drug-likeness (QED) is 0.144. The maximum Gasteiger partial charge on any atom is -0.0453 e. The molecule has 0 saturated heterocycles. The topological polar surface area (TPSA) is 20.2 Å². The Morgan fingerprint density at radius 1 is 0.617 bits per heavy atom. The summed E-state index contributed by atoms with van der Waals surface area (Å²) in [5, 5.41) is 12.0. The van der Waals surface area contributed by atoms with Crippen molar-refractivity contribution in [3.63, 3.8) is 0 Å². The van der Waals surface area contributed by atoms with Gasteiger partial charge in [0.15, 0.2) is 0 Å². The molecule has 47 heavy (non-hydrogen) atoms. The minimum Gasteiger partial charge on any atom is -0.114 e. The predicted molar refractivity (Wildman–Crippen MR) is 204 cm³/mol. The van der Waals surface area contributed by atoms with Crippen LogP contribution in [0.5, 0.6) is 5.75 Å². The molecule has 0 atom stereocenters. The predicted octanol–water partition coefficient (Wildman–Crippen LogP) is 12.0. The van der Waals surface area contributed by atoms with E-state index in [4.69, 9.17) is 0 Å². The molecule has 0 radical (unpaired) electrons. The molecule has 0 aromatic heterocycles. The first-order valence-electron chi connectivity index (χ1n) is 15.3. The van der Waals surface area contributed by atoms with Crippen molar-refractivity contribution in [1.82, 2.24) is 0 Å². The minimum atomic E-state index is 0. The fourth-order valence-electron chi connectivity index (χ4n) is 5.42. The Labute approximate surface area is 303 Å². The first-order valence-corrected chi connectivity index (χ1v) is 16.1. The van der Waals surface area contributed by atoms with Gasteiger partial charge in [0.05, 0.1) is 0 Å². The van der Waals surface area contributed by atoms with Crippen LogP contribution in [0.25, 0.3) is 33.0 Å². The van der Waals surface area contributed by atoms with E-state index in [9.17, 15) is 5.11 Å². The smallest absolute Gasteiger partial charge is 0.0453 e. The maximum absolute atomic E-state index is 9.36. The minimum absolute atomic E-state index is 0. The van der Waals surface area contributed by atoms with Gasteiger partial charge in [0.1, 0.15) is 5.75 Å². The molecular weight excluding hydrogens is 651 g/mol. The zero-order valence-electron chi connectivity index (χ0n) is 27.3. The molecule has 0 heterocycles. The van der Waals surface area contributed by atoms with Crippen LogP contribution in [0, 0.1) is 6.92 Å². The zero-order chi connectivity index (χ0) is 31.8. The zero-order valence-corrected chi connectivity index (χ0v) is 30.5. The number of aromatic hydroxyl groups is 1. The monoisotopic (exact) mass is 691 g/mol. The molecule has 0 fully saturated rings. The third-order valence-electron chi connectivity index (χ3n) is 7.79. The molecule has 1 N–H and O–H groups in total. The Bertz CT molecular complexity index is 1890. The van der Waals surface area contributed by atoms with Crippen LogP contribution >= 0.6 is 24.8 Å². The molecule has 237 valence electrons. The van der Waals surface area contributed by atoms with Crippen molar-refractivity contribution in [1.29, 1.82) is 0 Å². The second kappa shape index (κ2) is 17.3. The molecule has 5 aromatic carbocycles. The number of hydrogen-bond donors (Lipinski definition) is 1. The molecule has 0 amide bonds. The van der Waals surface area contributed by atoms with Crippen LogP contribution in [0.1, 0.15) is 43.0 Å². The molecule has 2 aliphatic rings.